The lowest BCUT2D eigenvalue weighted by Gasteiger charge is -2.27. The molecule has 2 saturated heterocycles. The summed E-state index contributed by atoms with van der Waals surface area (Å²) >= 11 is 0. The van der Waals surface area contributed by atoms with E-state index in [4.69, 9.17) is 0 Å². The molecule has 0 amide bonds. The highest BCUT2D eigenvalue weighted by atomic mass is 15.4. The van der Waals surface area contributed by atoms with E-state index in [1.54, 1.807) is 5.96 Å². The van der Waals surface area contributed by atoms with E-state index in [9.17, 15) is 0 Å². The minimum Gasteiger partial charge on any atom is -0.265 e. The molecular weight excluding hydrogens is 246 g/mol. The first-order chi connectivity index (χ1) is 9.86. The molecule has 0 aliphatic carbocycles. The molecule has 0 radical (unpaired) electrons. The molecule has 0 spiro atoms. The van der Waals surface area contributed by atoms with Gasteiger partial charge in [0.25, 0.3) is 0 Å². The van der Waals surface area contributed by atoms with E-state index < -0.39 is 0 Å². The summed E-state index contributed by atoms with van der Waals surface area (Å²) in [5.41, 5.74) is 0. The minimum absolute atomic E-state index is 1.25. The molecule has 2 heterocycles. The summed E-state index contributed by atoms with van der Waals surface area (Å²) in [4.78, 5) is 5.39. The third-order valence-corrected chi connectivity index (χ3v) is 4.62. The summed E-state index contributed by atoms with van der Waals surface area (Å²) < 4.78 is 2.68. The van der Waals surface area contributed by atoms with Crippen molar-refractivity contribution in [3.63, 3.8) is 0 Å². The first kappa shape index (κ1) is 15.7. The summed E-state index contributed by atoms with van der Waals surface area (Å²) in [6.45, 7) is 12.2. The van der Waals surface area contributed by atoms with Gasteiger partial charge in [0.1, 0.15) is 0 Å². The first-order valence-electron chi connectivity index (χ1n) is 8.98. The second-order valence-electron chi connectivity index (χ2n) is 6.38. The van der Waals surface area contributed by atoms with E-state index in [1.807, 2.05) is 0 Å². The maximum atomic E-state index is 2.71. The molecule has 2 aliphatic heterocycles. The van der Waals surface area contributed by atoms with Crippen LogP contribution in [0.3, 0.4) is 0 Å². The number of likely N-dealkylation sites (tertiary alicyclic amines) is 1. The molecule has 0 saturated carbocycles. The van der Waals surface area contributed by atoms with Gasteiger partial charge in [0.2, 0.25) is 0 Å². The van der Waals surface area contributed by atoms with Crippen molar-refractivity contribution in [2.24, 2.45) is 0 Å². The first-order valence-corrected chi connectivity index (χ1v) is 8.98. The Balaban J connectivity index is 2.13. The van der Waals surface area contributed by atoms with Gasteiger partial charge in [0, 0.05) is 0 Å². The van der Waals surface area contributed by atoms with Crippen molar-refractivity contribution < 1.29 is 4.58 Å². The Morgan fingerprint density at radius 3 is 1.95 bits per heavy atom. The summed E-state index contributed by atoms with van der Waals surface area (Å²) in [5, 5.41) is 0. The van der Waals surface area contributed by atoms with Gasteiger partial charge in [0.15, 0.2) is 0 Å². The fourth-order valence-electron chi connectivity index (χ4n) is 3.44. The van der Waals surface area contributed by atoms with Crippen LogP contribution in [0.25, 0.3) is 0 Å². The second-order valence-corrected chi connectivity index (χ2v) is 6.38. The Morgan fingerprint density at radius 1 is 0.900 bits per heavy atom. The molecule has 0 unspecified atom stereocenters. The minimum atomic E-state index is 1.25. The maximum absolute atomic E-state index is 2.71. The zero-order valence-corrected chi connectivity index (χ0v) is 13.7. The van der Waals surface area contributed by atoms with Crippen molar-refractivity contribution in [3.05, 3.63) is 0 Å². The molecule has 2 rings (SSSR count). The predicted molar refractivity (Wildman–Crippen MR) is 86.4 cm³/mol. The number of nitrogens with zero attached hydrogens (tertiary/aromatic N) is 3. The summed E-state index contributed by atoms with van der Waals surface area (Å²) in [5.74, 6) is 1.59. The Kier molecular flexibility index (Phi) is 6.68. The highest BCUT2D eigenvalue weighted by Gasteiger charge is 2.32. The monoisotopic (exact) mass is 280 g/mol. The Bertz CT molecular complexity index is 289. The predicted octanol–water partition coefficient (Wildman–Crippen LogP) is 3.15. The van der Waals surface area contributed by atoms with Crippen LogP contribution in [0.4, 0.5) is 0 Å². The fourth-order valence-corrected chi connectivity index (χ4v) is 3.44. The number of rotatable bonds is 6. The van der Waals surface area contributed by atoms with E-state index >= 15 is 0 Å². The molecule has 0 aromatic rings. The maximum Gasteiger partial charge on any atom is 0.350 e. The summed E-state index contributed by atoms with van der Waals surface area (Å²) in [6.07, 6.45) is 10.8. The van der Waals surface area contributed by atoms with Crippen LogP contribution in [0.1, 0.15) is 65.2 Å². The van der Waals surface area contributed by atoms with Crippen molar-refractivity contribution in [2.45, 2.75) is 65.2 Å². The van der Waals surface area contributed by atoms with E-state index in [0.29, 0.717) is 0 Å². The Labute approximate surface area is 125 Å². The average molecular weight is 280 g/mol. The second kappa shape index (κ2) is 8.53. The Morgan fingerprint density at radius 2 is 1.45 bits per heavy atom. The third-order valence-electron chi connectivity index (χ3n) is 4.62. The van der Waals surface area contributed by atoms with E-state index in [1.165, 1.54) is 90.6 Å². The van der Waals surface area contributed by atoms with Gasteiger partial charge in [-0.2, -0.15) is 0 Å². The van der Waals surface area contributed by atoms with Crippen LogP contribution in [-0.2, 0) is 0 Å². The third kappa shape index (κ3) is 4.13. The van der Waals surface area contributed by atoms with E-state index in [0.717, 1.165) is 0 Å². The van der Waals surface area contributed by atoms with Gasteiger partial charge < -0.3 is 0 Å². The number of guanidine groups is 1. The number of unbranched alkanes of at least 4 members (excludes halogenated alkanes) is 2. The van der Waals surface area contributed by atoms with Crippen molar-refractivity contribution in [2.75, 3.05) is 39.3 Å². The van der Waals surface area contributed by atoms with Gasteiger partial charge in [-0.1, -0.05) is 26.7 Å². The highest BCUT2D eigenvalue weighted by molar-refractivity contribution is 5.75. The van der Waals surface area contributed by atoms with Gasteiger partial charge in [-0.25, -0.2) is 0 Å². The summed E-state index contributed by atoms with van der Waals surface area (Å²) in [7, 11) is 0. The largest absolute Gasteiger partial charge is 0.350 e. The molecule has 0 aromatic heterocycles. The lowest BCUT2D eigenvalue weighted by Crippen LogP contribution is -2.49. The SMILES string of the molecule is CCCCN(CCCC)C(N1CCCC1)=[N+]1CCCC1. The zero-order chi connectivity index (χ0) is 14.2. The van der Waals surface area contributed by atoms with Gasteiger partial charge in [0.05, 0.1) is 39.3 Å². The molecule has 0 N–H and O–H groups in total. The standard InChI is InChI=1S/C17H34N3/c1-3-5-11-18(12-6-4-2)17(19-13-7-8-14-19)20-15-9-10-16-20/h3-16H2,1-2H3/q+1. The smallest absolute Gasteiger partial charge is 0.265 e. The lowest BCUT2D eigenvalue weighted by molar-refractivity contribution is -0.516. The molecule has 0 aromatic carbocycles. The topological polar surface area (TPSA) is 9.49 Å². The van der Waals surface area contributed by atoms with Gasteiger partial charge in [-0.3, -0.25) is 14.4 Å². The molecule has 116 valence electrons. The Hall–Kier alpha value is -0.730. The van der Waals surface area contributed by atoms with Crippen molar-refractivity contribution in [1.82, 2.24) is 9.80 Å². The van der Waals surface area contributed by atoms with Crippen LogP contribution in [0.15, 0.2) is 0 Å². The molecule has 2 aliphatic rings. The van der Waals surface area contributed by atoms with Crippen LogP contribution in [0.2, 0.25) is 0 Å². The normalized spacial score (nSPS) is 18.9. The van der Waals surface area contributed by atoms with E-state index in [-0.39, 0.29) is 0 Å². The molecule has 2 fully saturated rings. The molecule has 3 nitrogen and oxygen atoms in total. The lowest BCUT2D eigenvalue weighted by atomic mass is 10.2. The van der Waals surface area contributed by atoms with Crippen LogP contribution in [0, 0.1) is 0 Å². The van der Waals surface area contributed by atoms with Crippen molar-refractivity contribution >= 4 is 5.96 Å². The van der Waals surface area contributed by atoms with E-state index in [2.05, 4.69) is 28.2 Å². The van der Waals surface area contributed by atoms with Gasteiger partial charge in [-0.05, 0) is 38.5 Å². The van der Waals surface area contributed by atoms with Crippen molar-refractivity contribution in [1.29, 1.82) is 0 Å². The average Bonchev–Trinajstić information content (AvgIpc) is 3.15. The summed E-state index contributed by atoms with van der Waals surface area (Å²) in [6, 6.07) is 0. The van der Waals surface area contributed by atoms with Crippen LogP contribution < -0.4 is 0 Å². The molecular formula is C17H34N3+. The fraction of sp³-hybridized carbons (Fsp3) is 0.941. The molecule has 3 heteroatoms. The molecule has 20 heavy (non-hydrogen) atoms. The molecule has 0 bridgehead atoms. The van der Waals surface area contributed by atoms with Gasteiger partial charge >= 0.3 is 5.96 Å². The number of hydrogen-bond acceptors (Lipinski definition) is 0. The van der Waals surface area contributed by atoms with Crippen LogP contribution >= 0.6 is 0 Å². The highest BCUT2D eigenvalue weighted by Crippen LogP contribution is 2.15. The quantitative estimate of drug-likeness (QED) is 0.546. The van der Waals surface area contributed by atoms with Crippen LogP contribution in [0.5, 0.6) is 0 Å². The van der Waals surface area contributed by atoms with Gasteiger partial charge in [-0.15, -0.1) is 0 Å². The molecule has 0 atom stereocenters. The van der Waals surface area contributed by atoms with Crippen molar-refractivity contribution in [3.8, 4) is 0 Å². The van der Waals surface area contributed by atoms with Crippen LogP contribution in [-0.4, -0.2) is 59.6 Å². The number of hydrogen-bond donors (Lipinski definition) is 0. The zero-order valence-electron chi connectivity index (χ0n) is 13.7.